The van der Waals surface area contributed by atoms with Gasteiger partial charge in [-0.1, -0.05) is 0 Å². The largest absolute Gasteiger partial charge is 0.377 e. The van der Waals surface area contributed by atoms with E-state index >= 15 is 0 Å². The first-order valence-corrected chi connectivity index (χ1v) is 10.3. The minimum atomic E-state index is 0.365. The Morgan fingerprint density at radius 1 is 0.833 bits per heavy atom. The molecule has 4 aliphatic heterocycles. The topological polar surface area (TPSA) is 24.9 Å². The van der Waals surface area contributed by atoms with E-state index in [4.69, 9.17) is 9.47 Å². The molecule has 0 unspecified atom stereocenters. The van der Waals surface area contributed by atoms with Gasteiger partial charge in [0.15, 0.2) is 0 Å². The van der Waals surface area contributed by atoms with Gasteiger partial charge in [-0.05, 0) is 72.3 Å². The van der Waals surface area contributed by atoms with Crippen molar-refractivity contribution in [3.63, 3.8) is 0 Å². The maximum Gasteiger partial charge on any atom is 0.0608 e. The van der Waals surface area contributed by atoms with E-state index < -0.39 is 0 Å². The molecule has 0 amide bonds. The first kappa shape index (κ1) is 17.3. The SMILES string of the molecule is CC(C)O[C@H]1C[C@H]2CC[C@@H](C1)N2CCO[C@@H]1C[C@H]2CC[C@@H](C1)N2C. The van der Waals surface area contributed by atoms with Crippen LogP contribution in [0.15, 0.2) is 0 Å². The molecule has 4 aliphatic rings. The average molecular weight is 337 g/mol. The zero-order chi connectivity index (χ0) is 16.7. The summed E-state index contributed by atoms with van der Waals surface area (Å²) in [6, 6.07) is 3.05. The Morgan fingerprint density at radius 3 is 1.96 bits per heavy atom. The molecule has 4 rings (SSSR count). The second kappa shape index (κ2) is 7.22. The number of hydrogen-bond acceptors (Lipinski definition) is 4. The molecule has 6 atom stereocenters. The third kappa shape index (κ3) is 3.53. The Labute approximate surface area is 147 Å². The molecule has 4 nitrogen and oxygen atoms in total. The molecule has 0 spiro atoms. The van der Waals surface area contributed by atoms with Crippen LogP contribution in [0.4, 0.5) is 0 Å². The normalized spacial score (nSPS) is 43.0. The molecule has 24 heavy (non-hydrogen) atoms. The third-order valence-electron chi connectivity index (χ3n) is 7.06. The van der Waals surface area contributed by atoms with Gasteiger partial charge in [-0.25, -0.2) is 0 Å². The van der Waals surface area contributed by atoms with Gasteiger partial charge in [0.1, 0.15) is 0 Å². The fourth-order valence-electron chi connectivity index (χ4n) is 5.91. The van der Waals surface area contributed by atoms with Crippen molar-refractivity contribution >= 4 is 0 Å². The van der Waals surface area contributed by atoms with Crippen molar-refractivity contribution < 1.29 is 9.47 Å². The standard InChI is InChI=1S/C20H36N2O2/c1-14(2)24-20-12-17-6-7-18(13-20)22(17)8-9-23-19-10-15-4-5-16(11-19)21(15)3/h14-20H,4-13H2,1-3H3/t15-,16+,17-,18+,19-,20+. The number of ether oxygens (including phenoxy) is 2. The van der Waals surface area contributed by atoms with Crippen LogP contribution in [0, 0.1) is 0 Å². The number of rotatable bonds is 6. The van der Waals surface area contributed by atoms with Crippen LogP contribution in [0.5, 0.6) is 0 Å². The van der Waals surface area contributed by atoms with Gasteiger partial charge in [-0.3, -0.25) is 4.90 Å². The minimum Gasteiger partial charge on any atom is -0.377 e. The summed E-state index contributed by atoms with van der Waals surface area (Å²) in [4.78, 5) is 5.34. The van der Waals surface area contributed by atoms with Crippen molar-refractivity contribution in [2.45, 2.75) is 108 Å². The molecule has 4 saturated heterocycles. The lowest BCUT2D eigenvalue weighted by atomic mass is 9.99. The van der Waals surface area contributed by atoms with E-state index in [1.54, 1.807) is 0 Å². The van der Waals surface area contributed by atoms with Crippen LogP contribution in [0.25, 0.3) is 0 Å². The first-order chi connectivity index (χ1) is 11.6. The lowest BCUT2D eigenvalue weighted by molar-refractivity contribution is -0.0619. The molecule has 0 aromatic carbocycles. The molecule has 4 heteroatoms. The second-order valence-corrected chi connectivity index (χ2v) is 8.92. The summed E-state index contributed by atoms with van der Waals surface area (Å²) in [6.07, 6.45) is 11.8. The van der Waals surface area contributed by atoms with Crippen molar-refractivity contribution in [2.24, 2.45) is 0 Å². The molecular weight excluding hydrogens is 300 g/mol. The molecule has 0 radical (unpaired) electrons. The molecule has 0 aliphatic carbocycles. The maximum absolute atomic E-state index is 6.33. The van der Waals surface area contributed by atoms with Crippen molar-refractivity contribution in [1.29, 1.82) is 0 Å². The van der Waals surface area contributed by atoms with E-state index in [1.165, 1.54) is 51.4 Å². The van der Waals surface area contributed by atoms with Gasteiger partial charge < -0.3 is 14.4 Å². The third-order valence-corrected chi connectivity index (χ3v) is 7.06. The molecule has 0 saturated carbocycles. The van der Waals surface area contributed by atoms with Crippen LogP contribution in [-0.2, 0) is 9.47 Å². The van der Waals surface area contributed by atoms with Crippen molar-refractivity contribution in [2.75, 3.05) is 20.2 Å². The summed E-state index contributed by atoms with van der Waals surface area (Å²) in [6.45, 7) is 6.38. The smallest absolute Gasteiger partial charge is 0.0608 e. The lowest BCUT2D eigenvalue weighted by Gasteiger charge is -2.40. The lowest BCUT2D eigenvalue weighted by Crippen LogP contribution is -2.48. The summed E-state index contributed by atoms with van der Waals surface area (Å²) in [5, 5.41) is 0. The molecule has 4 bridgehead atoms. The zero-order valence-corrected chi connectivity index (χ0v) is 15.8. The van der Waals surface area contributed by atoms with Gasteiger partial charge >= 0.3 is 0 Å². The predicted molar refractivity (Wildman–Crippen MR) is 96.3 cm³/mol. The molecule has 0 aromatic rings. The Balaban J connectivity index is 1.22. The summed E-state index contributed by atoms with van der Waals surface area (Å²) in [7, 11) is 2.31. The Bertz CT molecular complexity index is 402. The molecule has 0 N–H and O–H groups in total. The quantitative estimate of drug-likeness (QED) is 0.744. The average Bonchev–Trinajstić information content (AvgIpc) is 2.90. The van der Waals surface area contributed by atoms with Crippen molar-refractivity contribution in [3.05, 3.63) is 0 Å². The highest BCUT2D eigenvalue weighted by atomic mass is 16.5. The van der Waals surface area contributed by atoms with Crippen molar-refractivity contribution in [1.82, 2.24) is 9.80 Å². The van der Waals surface area contributed by atoms with Gasteiger partial charge in [-0.15, -0.1) is 0 Å². The highest BCUT2D eigenvalue weighted by Crippen LogP contribution is 2.38. The monoisotopic (exact) mass is 336 g/mol. The van der Waals surface area contributed by atoms with E-state index in [0.29, 0.717) is 18.3 Å². The van der Waals surface area contributed by atoms with Gasteiger partial charge in [0, 0.05) is 30.7 Å². The predicted octanol–water partition coefficient (Wildman–Crippen LogP) is 3.05. The molecule has 138 valence electrons. The fraction of sp³-hybridized carbons (Fsp3) is 1.00. The minimum absolute atomic E-state index is 0.365. The number of piperidine rings is 2. The van der Waals surface area contributed by atoms with E-state index in [9.17, 15) is 0 Å². The van der Waals surface area contributed by atoms with Gasteiger partial charge in [0.05, 0.1) is 24.9 Å². The van der Waals surface area contributed by atoms with Crippen LogP contribution in [0.2, 0.25) is 0 Å². The van der Waals surface area contributed by atoms with E-state index in [-0.39, 0.29) is 0 Å². The van der Waals surface area contributed by atoms with Gasteiger partial charge in [0.2, 0.25) is 0 Å². The van der Waals surface area contributed by atoms with E-state index in [1.807, 2.05) is 0 Å². The summed E-state index contributed by atoms with van der Waals surface area (Å²) in [5.74, 6) is 0. The van der Waals surface area contributed by atoms with Crippen LogP contribution in [0.3, 0.4) is 0 Å². The summed E-state index contributed by atoms with van der Waals surface area (Å²) >= 11 is 0. The number of fused-ring (bicyclic) bond motifs is 4. The zero-order valence-electron chi connectivity index (χ0n) is 15.8. The number of nitrogens with zero attached hydrogens (tertiary/aromatic N) is 2. The van der Waals surface area contributed by atoms with Gasteiger partial charge in [0.25, 0.3) is 0 Å². The Hall–Kier alpha value is -0.160. The van der Waals surface area contributed by atoms with Crippen LogP contribution in [-0.4, -0.2) is 72.5 Å². The van der Waals surface area contributed by atoms with E-state index in [0.717, 1.165) is 37.3 Å². The van der Waals surface area contributed by atoms with E-state index in [2.05, 4.69) is 30.7 Å². The van der Waals surface area contributed by atoms with Gasteiger partial charge in [-0.2, -0.15) is 0 Å². The van der Waals surface area contributed by atoms with Crippen LogP contribution in [0.1, 0.15) is 65.2 Å². The highest BCUT2D eigenvalue weighted by Gasteiger charge is 2.42. The fourth-order valence-corrected chi connectivity index (χ4v) is 5.91. The Kier molecular flexibility index (Phi) is 5.19. The maximum atomic E-state index is 6.33. The highest BCUT2D eigenvalue weighted by molar-refractivity contribution is 4.96. The second-order valence-electron chi connectivity index (χ2n) is 8.92. The van der Waals surface area contributed by atoms with Crippen LogP contribution >= 0.6 is 0 Å². The summed E-state index contributed by atoms with van der Waals surface area (Å²) < 4.78 is 12.4. The number of hydrogen-bond donors (Lipinski definition) is 0. The molecular formula is C20H36N2O2. The molecule has 0 aromatic heterocycles. The molecule has 4 heterocycles. The Morgan fingerprint density at radius 2 is 1.38 bits per heavy atom. The van der Waals surface area contributed by atoms with Crippen LogP contribution < -0.4 is 0 Å². The summed E-state index contributed by atoms with van der Waals surface area (Å²) in [5.41, 5.74) is 0. The first-order valence-electron chi connectivity index (χ1n) is 10.3. The molecule has 4 fully saturated rings. The van der Waals surface area contributed by atoms with Crippen molar-refractivity contribution in [3.8, 4) is 0 Å².